The molecule has 1 N–H and O–H groups in total. The van der Waals surface area contributed by atoms with E-state index in [1.54, 1.807) is 21.3 Å². The molecule has 2 aromatic heterocycles. The lowest BCUT2D eigenvalue weighted by Gasteiger charge is -2.13. The van der Waals surface area contributed by atoms with Crippen LogP contribution in [0.4, 0.5) is 0 Å². The lowest BCUT2D eigenvalue weighted by molar-refractivity contribution is 0.282. The van der Waals surface area contributed by atoms with Gasteiger partial charge in [0.15, 0.2) is 0 Å². The van der Waals surface area contributed by atoms with E-state index in [1.807, 2.05) is 97.9 Å². The molecule has 6 nitrogen and oxygen atoms in total. The number of aryl methyl sites for hydroxylation is 2. The number of aromatic nitrogens is 2. The summed E-state index contributed by atoms with van der Waals surface area (Å²) in [6.45, 7) is 4.05. The van der Waals surface area contributed by atoms with E-state index < -0.39 is 0 Å². The van der Waals surface area contributed by atoms with Crippen LogP contribution in [0.2, 0.25) is 0 Å². The van der Waals surface area contributed by atoms with Crippen molar-refractivity contribution < 1.29 is 19.3 Å². The smallest absolute Gasteiger partial charge is 0.145 e. The first-order valence-electron chi connectivity index (χ1n) is 13.7. The van der Waals surface area contributed by atoms with Gasteiger partial charge in [0.1, 0.15) is 22.9 Å². The van der Waals surface area contributed by atoms with Gasteiger partial charge in [-0.3, -0.25) is 0 Å². The second-order valence-corrected chi connectivity index (χ2v) is 9.89. The lowest BCUT2D eigenvalue weighted by Crippen LogP contribution is -1.97. The predicted octanol–water partition coefficient (Wildman–Crippen LogP) is 7.94. The van der Waals surface area contributed by atoms with Gasteiger partial charge in [-0.15, -0.1) is 0 Å². The highest BCUT2D eigenvalue weighted by molar-refractivity contribution is 5.88. The molecule has 6 aromatic rings. The fourth-order valence-electron chi connectivity index (χ4n) is 5.10. The molecule has 0 unspecified atom stereocenters. The number of ether oxygens (including phenoxy) is 3. The van der Waals surface area contributed by atoms with Crippen LogP contribution in [0, 0.1) is 13.8 Å². The van der Waals surface area contributed by atoms with Gasteiger partial charge in [0.25, 0.3) is 0 Å². The third kappa shape index (κ3) is 5.62. The number of nitrogens with zero attached hydrogens (tertiary/aromatic N) is 2. The van der Waals surface area contributed by atoms with Crippen molar-refractivity contribution in [1.82, 2.24) is 9.97 Å². The molecule has 0 radical (unpaired) electrons. The van der Waals surface area contributed by atoms with Crippen LogP contribution in [0.5, 0.6) is 17.2 Å². The van der Waals surface area contributed by atoms with Crippen molar-refractivity contribution in [2.24, 2.45) is 0 Å². The number of para-hydroxylation sites is 4. The molecule has 0 saturated heterocycles. The van der Waals surface area contributed by atoms with E-state index in [0.717, 1.165) is 78.3 Å². The summed E-state index contributed by atoms with van der Waals surface area (Å²) in [5.74, 6) is 2.29. The molecular weight excluding hydrogens is 524 g/mol. The molecule has 0 fully saturated rings. The Balaban J connectivity index is 0.000000168. The van der Waals surface area contributed by atoms with Gasteiger partial charge in [0, 0.05) is 27.5 Å². The maximum Gasteiger partial charge on any atom is 0.145 e. The van der Waals surface area contributed by atoms with Gasteiger partial charge in [-0.2, -0.15) is 0 Å². The molecule has 0 amide bonds. The van der Waals surface area contributed by atoms with Crippen molar-refractivity contribution in [2.45, 2.75) is 20.5 Å². The number of methoxy groups -OCH3 is 3. The van der Waals surface area contributed by atoms with E-state index in [9.17, 15) is 5.11 Å². The van der Waals surface area contributed by atoms with E-state index in [4.69, 9.17) is 24.2 Å². The topological polar surface area (TPSA) is 73.7 Å². The Kier molecular flexibility index (Phi) is 8.65. The van der Waals surface area contributed by atoms with Crippen LogP contribution >= 0.6 is 0 Å². The number of rotatable bonds is 6. The number of aliphatic hydroxyl groups excluding tert-OH is 1. The number of aliphatic hydroxyl groups is 1. The number of hydrogen-bond acceptors (Lipinski definition) is 6. The summed E-state index contributed by atoms with van der Waals surface area (Å²) in [6, 6.07) is 31.8. The first-order chi connectivity index (χ1) is 20.5. The molecule has 0 aliphatic rings. The molecule has 212 valence electrons. The molecule has 0 atom stereocenters. The second-order valence-electron chi connectivity index (χ2n) is 9.89. The summed E-state index contributed by atoms with van der Waals surface area (Å²) in [5, 5.41) is 11.8. The normalized spacial score (nSPS) is 10.7. The van der Waals surface area contributed by atoms with Gasteiger partial charge in [-0.25, -0.2) is 9.97 Å². The molecule has 0 saturated carbocycles. The zero-order valence-corrected chi connectivity index (χ0v) is 24.5. The molecule has 0 bridgehead atoms. The van der Waals surface area contributed by atoms with E-state index in [-0.39, 0.29) is 6.61 Å². The molecule has 2 heterocycles. The number of fused-ring (bicyclic) bond motifs is 2. The highest BCUT2D eigenvalue weighted by Gasteiger charge is 2.15. The largest absolute Gasteiger partial charge is 0.496 e. The van der Waals surface area contributed by atoms with Crippen LogP contribution in [-0.4, -0.2) is 36.4 Å². The number of benzene rings is 4. The quantitative estimate of drug-likeness (QED) is 0.224. The Morgan fingerprint density at radius 3 is 1.55 bits per heavy atom. The molecule has 0 aliphatic carbocycles. The van der Waals surface area contributed by atoms with Crippen LogP contribution in [0.15, 0.2) is 97.1 Å². The Morgan fingerprint density at radius 1 is 0.548 bits per heavy atom. The van der Waals surface area contributed by atoms with Gasteiger partial charge in [0.2, 0.25) is 0 Å². The van der Waals surface area contributed by atoms with Crippen molar-refractivity contribution in [3.05, 3.63) is 114 Å². The molecule has 0 aliphatic heterocycles. The zero-order valence-electron chi connectivity index (χ0n) is 24.5. The Hall–Kier alpha value is -4.94. The van der Waals surface area contributed by atoms with Crippen molar-refractivity contribution in [3.8, 4) is 39.8 Å². The van der Waals surface area contributed by atoms with Crippen LogP contribution in [-0.2, 0) is 6.61 Å². The number of pyridine rings is 2. The lowest BCUT2D eigenvalue weighted by atomic mass is 10.0. The summed E-state index contributed by atoms with van der Waals surface area (Å²) in [4.78, 5) is 9.60. The predicted molar refractivity (Wildman–Crippen MR) is 169 cm³/mol. The van der Waals surface area contributed by atoms with Crippen molar-refractivity contribution in [2.75, 3.05) is 21.3 Å². The van der Waals surface area contributed by atoms with Crippen LogP contribution in [0.1, 0.15) is 16.7 Å². The first kappa shape index (κ1) is 28.6. The Bertz CT molecular complexity index is 1730. The summed E-state index contributed by atoms with van der Waals surface area (Å²) >= 11 is 0. The van der Waals surface area contributed by atoms with E-state index in [0.29, 0.717) is 0 Å². The van der Waals surface area contributed by atoms with Crippen molar-refractivity contribution in [1.29, 1.82) is 0 Å². The van der Waals surface area contributed by atoms with E-state index in [2.05, 4.69) is 13.0 Å². The maximum atomic E-state index is 9.69. The highest BCUT2D eigenvalue weighted by atomic mass is 16.5. The Morgan fingerprint density at radius 2 is 1.02 bits per heavy atom. The third-order valence-corrected chi connectivity index (χ3v) is 7.25. The Labute approximate surface area is 246 Å². The van der Waals surface area contributed by atoms with Crippen molar-refractivity contribution in [3.63, 3.8) is 0 Å². The minimum absolute atomic E-state index is 0.0513. The SMILES string of the molecule is COc1ccccc1-c1nc2c(C)cccc2cc1CO.COc1ccccc1-c1nc2c(C)cccc2cc1OC. The summed E-state index contributed by atoms with van der Waals surface area (Å²) in [6.07, 6.45) is 0. The summed E-state index contributed by atoms with van der Waals surface area (Å²) < 4.78 is 16.4. The molecular formula is C36H34N2O4. The van der Waals surface area contributed by atoms with E-state index >= 15 is 0 Å². The minimum atomic E-state index is -0.0513. The van der Waals surface area contributed by atoms with Crippen LogP contribution in [0.25, 0.3) is 44.3 Å². The minimum Gasteiger partial charge on any atom is -0.496 e. The van der Waals surface area contributed by atoms with Gasteiger partial charge in [-0.05, 0) is 61.4 Å². The summed E-state index contributed by atoms with van der Waals surface area (Å²) in [7, 11) is 4.97. The van der Waals surface area contributed by atoms with E-state index in [1.165, 1.54) is 0 Å². The first-order valence-corrected chi connectivity index (χ1v) is 13.7. The van der Waals surface area contributed by atoms with Crippen LogP contribution in [0.3, 0.4) is 0 Å². The molecule has 4 aromatic carbocycles. The zero-order chi connectivity index (χ0) is 29.6. The standard InChI is InChI=1S/2C18H17NO2/c1-12-7-6-8-13-11-16(21-3)18(19-17(12)13)14-9-4-5-10-15(14)20-2;1-12-6-5-7-13-10-14(11-20)18(19-17(12)13)15-8-3-4-9-16(15)21-2/h4-11H,1-3H3;3-10,20H,11H2,1-2H3. The monoisotopic (exact) mass is 558 g/mol. The maximum absolute atomic E-state index is 9.69. The average molecular weight is 559 g/mol. The highest BCUT2D eigenvalue weighted by Crippen LogP contribution is 2.37. The third-order valence-electron chi connectivity index (χ3n) is 7.25. The molecule has 6 rings (SSSR count). The molecule has 0 spiro atoms. The fourth-order valence-corrected chi connectivity index (χ4v) is 5.10. The van der Waals surface area contributed by atoms with Gasteiger partial charge < -0.3 is 19.3 Å². The fraction of sp³-hybridized carbons (Fsp3) is 0.167. The average Bonchev–Trinajstić information content (AvgIpc) is 3.04. The molecule has 6 heteroatoms. The van der Waals surface area contributed by atoms with Gasteiger partial charge in [0.05, 0.1) is 44.7 Å². The second kappa shape index (κ2) is 12.7. The van der Waals surface area contributed by atoms with Crippen LogP contribution < -0.4 is 14.2 Å². The number of hydrogen-bond donors (Lipinski definition) is 1. The summed E-state index contributed by atoms with van der Waals surface area (Å²) in [5.41, 5.74) is 8.41. The molecule has 42 heavy (non-hydrogen) atoms. The van der Waals surface area contributed by atoms with Gasteiger partial charge >= 0.3 is 0 Å². The van der Waals surface area contributed by atoms with Crippen molar-refractivity contribution >= 4 is 21.8 Å². The van der Waals surface area contributed by atoms with Gasteiger partial charge in [-0.1, -0.05) is 60.7 Å².